The zero-order valence-electron chi connectivity index (χ0n) is 19.3. The Bertz CT molecular complexity index is 1310. The monoisotopic (exact) mass is 469 g/mol. The molecule has 8 nitrogen and oxygen atoms in total. The number of ether oxygens (including phenoxy) is 2. The van der Waals surface area contributed by atoms with E-state index in [1.807, 2.05) is 60.7 Å². The second-order valence-corrected chi connectivity index (χ2v) is 8.58. The summed E-state index contributed by atoms with van der Waals surface area (Å²) in [5, 5.41) is 4.05. The van der Waals surface area contributed by atoms with Crippen molar-refractivity contribution in [1.82, 2.24) is 24.3 Å². The number of aromatic nitrogens is 5. The lowest BCUT2D eigenvalue weighted by atomic mass is 10.0. The lowest BCUT2D eigenvalue weighted by molar-refractivity contribution is -0.0122. The lowest BCUT2D eigenvalue weighted by Gasteiger charge is -2.21. The second kappa shape index (κ2) is 10.6. The van der Waals surface area contributed by atoms with Gasteiger partial charge in [0.2, 0.25) is 0 Å². The van der Waals surface area contributed by atoms with Gasteiger partial charge < -0.3 is 9.47 Å². The maximum absolute atomic E-state index is 12.9. The predicted octanol–water partition coefficient (Wildman–Crippen LogP) is 3.74. The van der Waals surface area contributed by atoms with Crippen LogP contribution in [0, 0.1) is 5.92 Å². The third kappa shape index (κ3) is 5.29. The molecule has 1 fully saturated rings. The molecule has 35 heavy (non-hydrogen) atoms. The van der Waals surface area contributed by atoms with Gasteiger partial charge in [-0.05, 0) is 29.2 Å². The normalized spacial score (nSPS) is 19.8. The molecule has 0 radical (unpaired) electrons. The second-order valence-electron chi connectivity index (χ2n) is 8.58. The van der Waals surface area contributed by atoms with Gasteiger partial charge in [-0.3, -0.25) is 4.57 Å². The molecule has 5 rings (SSSR count). The van der Waals surface area contributed by atoms with E-state index in [2.05, 4.69) is 21.6 Å². The van der Waals surface area contributed by atoms with Gasteiger partial charge in [0.25, 0.3) is 0 Å². The van der Waals surface area contributed by atoms with E-state index in [0.29, 0.717) is 32.1 Å². The van der Waals surface area contributed by atoms with Crippen LogP contribution in [0.25, 0.3) is 5.82 Å². The van der Waals surface area contributed by atoms with E-state index in [4.69, 9.17) is 9.47 Å². The SMILES string of the molecule is C=C1C(COCc2ccccc2)C(OCc2ccccc2)CC1n1ccc(-n2cncn2)nc1=O. The summed E-state index contributed by atoms with van der Waals surface area (Å²) in [6.07, 6.45) is 5.14. The Morgan fingerprint density at radius 2 is 1.69 bits per heavy atom. The molecule has 0 N–H and O–H groups in total. The quantitative estimate of drug-likeness (QED) is 0.347. The maximum atomic E-state index is 12.9. The number of benzene rings is 2. The highest BCUT2D eigenvalue weighted by Gasteiger charge is 2.40. The van der Waals surface area contributed by atoms with Crippen LogP contribution < -0.4 is 5.69 Å². The van der Waals surface area contributed by atoms with E-state index in [1.54, 1.807) is 16.8 Å². The third-order valence-corrected chi connectivity index (χ3v) is 6.33. The van der Waals surface area contributed by atoms with Gasteiger partial charge >= 0.3 is 5.69 Å². The van der Waals surface area contributed by atoms with E-state index in [-0.39, 0.29) is 23.8 Å². The fourth-order valence-corrected chi connectivity index (χ4v) is 4.46. The highest BCUT2D eigenvalue weighted by atomic mass is 16.5. The van der Waals surface area contributed by atoms with E-state index < -0.39 is 0 Å². The van der Waals surface area contributed by atoms with Crippen LogP contribution in [-0.2, 0) is 22.7 Å². The van der Waals surface area contributed by atoms with E-state index in [1.165, 1.54) is 17.3 Å². The predicted molar refractivity (Wildman–Crippen MR) is 131 cm³/mol. The Balaban J connectivity index is 1.33. The Hall–Kier alpha value is -3.88. The van der Waals surface area contributed by atoms with Gasteiger partial charge in [0.15, 0.2) is 5.82 Å². The number of hydrogen-bond acceptors (Lipinski definition) is 6. The fourth-order valence-electron chi connectivity index (χ4n) is 4.46. The van der Waals surface area contributed by atoms with Crippen molar-refractivity contribution in [1.29, 1.82) is 0 Å². The van der Waals surface area contributed by atoms with Gasteiger partial charge in [-0.1, -0.05) is 67.2 Å². The molecule has 0 spiro atoms. The van der Waals surface area contributed by atoms with Crippen LogP contribution in [0.15, 0.2) is 103 Å². The molecular weight excluding hydrogens is 442 g/mol. The molecule has 0 saturated heterocycles. The van der Waals surface area contributed by atoms with Crippen molar-refractivity contribution in [3.63, 3.8) is 0 Å². The fraction of sp³-hybridized carbons (Fsp3) is 0.259. The summed E-state index contributed by atoms with van der Waals surface area (Å²) in [6, 6.07) is 21.6. The minimum Gasteiger partial charge on any atom is -0.376 e. The van der Waals surface area contributed by atoms with Gasteiger partial charge in [-0.2, -0.15) is 10.1 Å². The van der Waals surface area contributed by atoms with Gasteiger partial charge in [0.05, 0.1) is 32.0 Å². The topological polar surface area (TPSA) is 84.1 Å². The summed E-state index contributed by atoms with van der Waals surface area (Å²) >= 11 is 0. The molecule has 2 heterocycles. The van der Waals surface area contributed by atoms with E-state index in [9.17, 15) is 4.79 Å². The molecular formula is C27H27N5O3. The van der Waals surface area contributed by atoms with Crippen LogP contribution in [0.2, 0.25) is 0 Å². The molecule has 1 aliphatic carbocycles. The Labute approximate surface area is 203 Å². The number of rotatable bonds is 9. The Morgan fingerprint density at radius 3 is 2.34 bits per heavy atom. The van der Waals surface area contributed by atoms with Crippen LogP contribution >= 0.6 is 0 Å². The molecule has 178 valence electrons. The lowest BCUT2D eigenvalue weighted by Crippen LogP contribution is -2.27. The summed E-state index contributed by atoms with van der Waals surface area (Å²) < 4.78 is 15.5. The first-order valence-electron chi connectivity index (χ1n) is 11.6. The molecule has 8 heteroatoms. The largest absolute Gasteiger partial charge is 0.376 e. The smallest absolute Gasteiger partial charge is 0.350 e. The molecule has 3 unspecified atom stereocenters. The average Bonchev–Trinajstić information content (AvgIpc) is 3.53. The standard InChI is InChI=1S/C27H27N5O3/c1-20-23(17-34-15-21-8-4-2-5-9-21)25(35-16-22-10-6-3-7-11-22)14-24(20)31-13-12-26(30-27(31)33)32-19-28-18-29-32/h2-13,18-19,23-25H,1,14-17H2. The minimum atomic E-state index is -0.364. The molecule has 0 amide bonds. The molecule has 3 atom stereocenters. The first-order valence-corrected chi connectivity index (χ1v) is 11.6. The maximum Gasteiger partial charge on any atom is 0.350 e. The third-order valence-electron chi connectivity index (χ3n) is 6.33. The molecule has 2 aromatic heterocycles. The molecule has 2 aromatic carbocycles. The molecule has 0 aliphatic heterocycles. The minimum absolute atomic E-state index is 0.0469. The Kier molecular flexibility index (Phi) is 6.92. The first-order chi connectivity index (χ1) is 17.2. The van der Waals surface area contributed by atoms with Crippen LogP contribution in [-0.4, -0.2) is 37.0 Å². The molecule has 0 bridgehead atoms. The summed E-state index contributed by atoms with van der Waals surface area (Å²) in [6.45, 7) is 5.82. The first kappa shape index (κ1) is 22.9. The Morgan fingerprint density at radius 1 is 0.971 bits per heavy atom. The van der Waals surface area contributed by atoms with Crippen molar-refractivity contribution in [2.45, 2.75) is 31.8 Å². The zero-order chi connectivity index (χ0) is 24.0. The van der Waals surface area contributed by atoms with Gasteiger partial charge in [-0.15, -0.1) is 0 Å². The molecule has 4 aromatic rings. The van der Waals surface area contributed by atoms with Crippen molar-refractivity contribution in [2.75, 3.05) is 6.61 Å². The summed E-state index contributed by atoms with van der Waals surface area (Å²) in [5.41, 5.74) is 2.76. The molecule has 1 saturated carbocycles. The summed E-state index contributed by atoms with van der Waals surface area (Å²) in [7, 11) is 0. The highest BCUT2D eigenvalue weighted by Crippen LogP contribution is 2.40. The summed E-state index contributed by atoms with van der Waals surface area (Å²) in [4.78, 5) is 21.0. The highest BCUT2D eigenvalue weighted by molar-refractivity contribution is 5.22. The van der Waals surface area contributed by atoms with Crippen molar-refractivity contribution in [3.8, 4) is 5.82 Å². The number of hydrogen-bond donors (Lipinski definition) is 0. The van der Waals surface area contributed by atoms with E-state index in [0.717, 1.165) is 16.7 Å². The van der Waals surface area contributed by atoms with Crippen LogP contribution in [0.1, 0.15) is 23.6 Å². The van der Waals surface area contributed by atoms with Crippen molar-refractivity contribution in [3.05, 3.63) is 119 Å². The van der Waals surface area contributed by atoms with Crippen molar-refractivity contribution < 1.29 is 9.47 Å². The average molecular weight is 470 g/mol. The van der Waals surface area contributed by atoms with Crippen molar-refractivity contribution >= 4 is 0 Å². The molecule has 1 aliphatic rings. The van der Waals surface area contributed by atoms with Gasteiger partial charge in [-0.25, -0.2) is 14.5 Å². The van der Waals surface area contributed by atoms with Gasteiger partial charge in [0, 0.05) is 12.1 Å². The van der Waals surface area contributed by atoms with Crippen LogP contribution in [0.5, 0.6) is 0 Å². The van der Waals surface area contributed by atoms with E-state index >= 15 is 0 Å². The number of nitrogens with zero attached hydrogens (tertiary/aromatic N) is 5. The van der Waals surface area contributed by atoms with Gasteiger partial charge in [0.1, 0.15) is 12.7 Å². The zero-order valence-corrected chi connectivity index (χ0v) is 19.3. The summed E-state index contributed by atoms with van der Waals surface area (Å²) in [5.74, 6) is 0.376. The van der Waals surface area contributed by atoms with Crippen LogP contribution in [0.4, 0.5) is 0 Å². The van der Waals surface area contributed by atoms with Crippen molar-refractivity contribution in [2.24, 2.45) is 5.92 Å². The van der Waals surface area contributed by atoms with Crippen LogP contribution in [0.3, 0.4) is 0 Å².